The molecule has 1 aromatic rings. The Hall–Kier alpha value is -0.910. The Balaban J connectivity index is 1.80. The van der Waals surface area contributed by atoms with Gasteiger partial charge in [0.25, 0.3) is 0 Å². The molecular formula is C17H33N5. The summed E-state index contributed by atoms with van der Waals surface area (Å²) < 4.78 is 2.26. The molecule has 1 N–H and O–H groups in total. The number of imidazole rings is 1. The molecule has 22 heavy (non-hydrogen) atoms. The van der Waals surface area contributed by atoms with E-state index in [0.29, 0.717) is 6.04 Å². The van der Waals surface area contributed by atoms with Gasteiger partial charge in [0.1, 0.15) is 5.82 Å². The van der Waals surface area contributed by atoms with E-state index in [1.165, 1.54) is 32.0 Å². The van der Waals surface area contributed by atoms with E-state index in [9.17, 15) is 0 Å². The highest BCUT2D eigenvalue weighted by atomic mass is 15.3. The lowest BCUT2D eigenvalue weighted by Gasteiger charge is -2.44. The van der Waals surface area contributed by atoms with Crippen LogP contribution in [0, 0.1) is 0 Å². The highest BCUT2D eigenvalue weighted by Crippen LogP contribution is 2.16. The van der Waals surface area contributed by atoms with Gasteiger partial charge in [0, 0.05) is 69.7 Å². The Morgan fingerprint density at radius 1 is 1.27 bits per heavy atom. The summed E-state index contributed by atoms with van der Waals surface area (Å²) in [6.07, 6.45) is 4.98. The monoisotopic (exact) mass is 307 g/mol. The molecule has 1 saturated heterocycles. The third-order valence-corrected chi connectivity index (χ3v) is 4.83. The van der Waals surface area contributed by atoms with Crippen molar-refractivity contribution in [2.45, 2.75) is 52.2 Å². The molecule has 0 amide bonds. The molecule has 0 aromatic carbocycles. The molecule has 0 saturated carbocycles. The summed E-state index contributed by atoms with van der Waals surface area (Å²) in [5.74, 6) is 1.17. The number of hydrogen-bond donors (Lipinski definition) is 1. The number of aryl methyl sites for hydroxylation is 1. The van der Waals surface area contributed by atoms with E-state index in [-0.39, 0.29) is 5.54 Å². The molecular weight excluding hydrogens is 274 g/mol. The van der Waals surface area contributed by atoms with Gasteiger partial charge in [-0.3, -0.25) is 4.90 Å². The van der Waals surface area contributed by atoms with Gasteiger partial charge < -0.3 is 14.8 Å². The summed E-state index contributed by atoms with van der Waals surface area (Å²) in [4.78, 5) is 9.42. The first kappa shape index (κ1) is 17.4. The molecule has 1 fully saturated rings. The smallest absolute Gasteiger partial charge is 0.108 e. The Kier molecular flexibility index (Phi) is 6.01. The second-order valence-corrected chi connectivity index (χ2v) is 7.23. The minimum Gasteiger partial charge on any atom is -0.333 e. The van der Waals surface area contributed by atoms with Crippen LogP contribution in [0.5, 0.6) is 0 Å². The van der Waals surface area contributed by atoms with Crippen molar-refractivity contribution in [1.29, 1.82) is 0 Å². The normalized spacial score (nSPS) is 19.5. The van der Waals surface area contributed by atoms with E-state index < -0.39 is 0 Å². The summed E-state index contributed by atoms with van der Waals surface area (Å²) in [6.45, 7) is 15.8. The van der Waals surface area contributed by atoms with E-state index in [1.807, 2.05) is 6.20 Å². The fourth-order valence-electron chi connectivity index (χ4n) is 3.13. The molecule has 0 radical (unpaired) electrons. The number of nitrogens with zero attached hydrogens (tertiary/aromatic N) is 4. The van der Waals surface area contributed by atoms with Crippen LogP contribution in [0.3, 0.4) is 0 Å². The van der Waals surface area contributed by atoms with E-state index in [1.54, 1.807) is 0 Å². The van der Waals surface area contributed by atoms with E-state index >= 15 is 0 Å². The van der Waals surface area contributed by atoms with Gasteiger partial charge in [0.15, 0.2) is 0 Å². The van der Waals surface area contributed by atoms with Crippen molar-refractivity contribution in [2.24, 2.45) is 0 Å². The van der Waals surface area contributed by atoms with Gasteiger partial charge in [-0.1, -0.05) is 6.92 Å². The molecule has 2 heterocycles. The number of nitrogens with one attached hydrogen (secondary N) is 1. The van der Waals surface area contributed by atoms with Crippen LogP contribution >= 0.6 is 0 Å². The van der Waals surface area contributed by atoms with Crippen molar-refractivity contribution in [2.75, 3.05) is 39.8 Å². The predicted octanol–water partition coefficient (Wildman–Crippen LogP) is 1.45. The maximum atomic E-state index is 4.40. The molecule has 1 aromatic heterocycles. The Morgan fingerprint density at radius 3 is 2.59 bits per heavy atom. The first-order chi connectivity index (χ1) is 10.4. The van der Waals surface area contributed by atoms with E-state index in [2.05, 4.69) is 65.6 Å². The van der Waals surface area contributed by atoms with Gasteiger partial charge in [-0.2, -0.15) is 0 Å². The van der Waals surface area contributed by atoms with Gasteiger partial charge >= 0.3 is 0 Å². The third kappa shape index (κ3) is 4.54. The Morgan fingerprint density at radius 2 is 1.95 bits per heavy atom. The summed E-state index contributed by atoms with van der Waals surface area (Å²) in [5.41, 5.74) is 0.206. The van der Waals surface area contributed by atoms with Gasteiger partial charge in [-0.05, 0) is 27.8 Å². The molecule has 2 rings (SSSR count). The van der Waals surface area contributed by atoms with Crippen LogP contribution in [0.4, 0.5) is 0 Å². The summed E-state index contributed by atoms with van der Waals surface area (Å²) in [6, 6.07) is 0.450. The quantitative estimate of drug-likeness (QED) is 0.827. The number of hydrogen-bond acceptors (Lipinski definition) is 4. The van der Waals surface area contributed by atoms with Crippen LogP contribution in [0.2, 0.25) is 0 Å². The van der Waals surface area contributed by atoms with Crippen molar-refractivity contribution in [3.63, 3.8) is 0 Å². The van der Waals surface area contributed by atoms with Crippen LogP contribution in [0.15, 0.2) is 12.4 Å². The van der Waals surface area contributed by atoms with Gasteiger partial charge in [-0.15, -0.1) is 0 Å². The molecule has 5 heteroatoms. The standard InChI is InChI=1S/C17H33N5/c1-6-16-18-7-8-21(16)13-15(2)19-14-17(3,4)22-11-9-20(5)10-12-22/h7-8,15,19H,6,9-14H2,1-5H3. The highest BCUT2D eigenvalue weighted by molar-refractivity contribution is 4.93. The molecule has 126 valence electrons. The average Bonchev–Trinajstić information content (AvgIpc) is 2.93. The Labute approximate surface area is 135 Å². The highest BCUT2D eigenvalue weighted by Gasteiger charge is 2.29. The fraction of sp³-hybridized carbons (Fsp3) is 0.824. The third-order valence-electron chi connectivity index (χ3n) is 4.83. The van der Waals surface area contributed by atoms with Gasteiger partial charge in [0.2, 0.25) is 0 Å². The van der Waals surface area contributed by atoms with Crippen LogP contribution in [0.1, 0.15) is 33.5 Å². The second kappa shape index (κ2) is 7.57. The molecule has 0 bridgehead atoms. The Bertz CT molecular complexity index is 446. The second-order valence-electron chi connectivity index (χ2n) is 7.23. The van der Waals surface area contributed by atoms with Crippen molar-refractivity contribution in [1.82, 2.24) is 24.7 Å². The average molecular weight is 307 g/mol. The summed E-state index contributed by atoms with van der Waals surface area (Å²) >= 11 is 0. The van der Waals surface area contributed by atoms with Crippen molar-refractivity contribution < 1.29 is 0 Å². The van der Waals surface area contributed by atoms with Gasteiger partial charge in [-0.25, -0.2) is 4.98 Å². The number of aromatic nitrogens is 2. The van der Waals surface area contributed by atoms with Crippen molar-refractivity contribution >= 4 is 0 Å². The molecule has 1 unspecified atom stereocenters. The molecule has 1 aliphatic rings. The van der Waals surface area contributed by atoms with Crippen LogP contribution in [0.25, 0.3) is 0 Å². The zero-order valence-corrected chi connectivity index (χ0v) is 15.0. The lowest BCUT2D eigenvalue weighted by molar-refractivity contribution is 0.0601. The minimum absolute atomic E-state index is 0.206. The van der Waals surface area contributed by atoms with E-state index in [0.717, 1.165) is 19.5 Å². The maximum Gasteiger partial charge on any atom is 0.108 e. The summed E-state index contributed by atoms with van der Waals surface area (Å²) in [5, 5.41) is 3.72. The SMILES string of the molecule is CCc1nccn1CC(C)NCC(C)(C)N1CCN(C)CC1. The minimum atomic E-state index is 0.206. The topological polar surface area (TPSA) is 36.3 Å². The maximum absolute atomic E-state index is 4.40. The number of piperazine rings is 1. The van der Waals surface area contributed by atoms with Crippen molar-refractivity contribution in [3.8, 4) is 0 Å². The lowest BCUT2D eigenvalue weighted by atomic mass is 10.0. The van der Waals surface area contributed by atoms with Crippen LogP contribution in [-0.2, 0) is 13.0 Å². The molecule has 0 aliphatic carbocycles. The molecule has 5 nitrogen and oxygen atoms in total. The van der Waals surface area contributed by atoms with Gasteiger partial charge in [0.05, 0.1) is 0 Å². The lowest BCUT2D eigenvalue weighted by Crippen LogP contribution is -2.58. The molecule has 1 aliphatic heterocycles. The fourth-order valence-corrected chi connectivity index (χ4v) is 3.13. The summed E-state index contributed by atoms with van der Waals surface area (Å²) in [7, 11) is 2.21. The molecule has 0 spiro atoms. The molecule has 1 atom stereocenters. The van der Waals surface area contributed by atoms with Crippen molar-refractivity contribution in [3.05, 3.63) is 18.2 Å². The zero-order chi connectivity index (χ0) is 16.2. The largest absolute Gasteiger partial charge is 0.333 e. The predicted molar refractivity (Wildman–Crippen MR) is 92.2 cm³/mol. The number of rotatable bonds is 7. The van der Waals surface area contributed by atoms with Crippen LogP contribution < -0.4 is 5.32 Å². The first-order valence-corrected chi connectivity index (χ1v) is 8.59. The van der Waals surface area contributed by atoms with E-state index in [4.69, 9.17) is 0 Å². The van der Waals surface area contributed by atoms with Crippen LogP contribution in [-0.4, -0.2) is 70.7 Å². The zero-order valence-electron chi connectivity index (χ0n) is 15.0. The first-order valence-electron chi connectivity index (χ1n) is 8.59. The number of likely N-dealkylation sites (N-methyl/N-ethyl adjacent to an activating group) is 1.